The van der Waals surface area contributed by atoms with Gasteiger partial charge in [-0.1, -0.05) is 27.5 Å². The zero-order valence-electron chi connectivity index (χ0n) is 10.1. The predicted molar refractivity (Wildman–Crippen MR) is 79.4 cm³/mol. The van der Waals surface area contributed by atoms with E-state index >= 15 is 0 Å². The molecule has 0 bridgehead atoms. The molecule has 0 saturated carbocycles. The minimum atomic E-state index is -0.594. The molecule has 0 spiro atoms. The lowest BCUT2D eigenvalue weighted by atomic mass is 10.1. The SMILES string of the molecule is Cc1nc(CC(O)c2cc(Cl)ccc2Br)sc1C. The maximum atomic E-state index is 10.3. The van der Waals surface area contributed by atoms with Crippen molar-refractivity contribution in [2.24, 2.45) is 0 Å². The number of rotatable bonds is 3. The van der Waals surface area contributed by atoms with E-state index in [2.05, 4.69) is 20.9 Å². The van der Waals surface area contributed by atoms with E-state index in [1.165, 1.54) is 4.88 Å². The molecule has 0 saturated heterocycles. The van der Waals surface area contributed by atoms with Crippen LogP contribution in [0.15, 0.2) is 22.7 Å². The monoisotopic (exact) mass is 345 g/mol. The van der Waals surface area contributed by atoms with Crippen LogP contribution in [0.2, 0.25) is 5.02 Å². The van der Waals surface area contributed by atoms with E-state index in [0.29, 0.717) is 11.4 Å². The molecule has 2 aromatic rings. The van der Waals surface area contributed by atoms with Crippen molar-refractivity contribution in [3.05, 3.63) is 48.8 Å². The lowest BCUT2D eigenvalue weighted by Crippen LogP contribution is -2.02. The molecule has 18 heavy (non-hydrogen) atoms. The molecule has 0 aliphatic carbocycles. The van der Waals surface area contributed by atoms with Crippen LogP contribution in [0.25, 0.3) is 0 Å². The maximum Gasteiger partial charge on any atom is 0.0960 e. The summed E-state index contributed by atoms with van der Waals surface area (Å²) < 4.78 is 0.865. The summed E-state index contributed by atoms with van der Waals surface area (Å²) in [6.07, 6.45) is -0.0822. The van der Waals surface area contributed by atoms with Crippen LogP contribution >= 0.6 is 38.9 Å². The van der Waals surface area contributed by atoms with Gasteiger partial charge in [0.05, 0.1) is 16.8 Å². The molecule has 0 aliphatic rings. The van der Waals surface area contributed by atoms with Gasteiger partial charge in [0, 0.05) is 20.8 Å². The molecule has 1 aromatic carbocycles. The Morgan fingerprint density at radius 3 is 2.78 bits per heavy atom. The lowest BCUT2D eigenvalue weighted by Gasteiger charge is -2.11. The first-order valence-corrected chi connectivity index (χ1v) is 7.52. The second-order valence-corrected chi connectivity index (χ2v) is 6.71. The molecule has 0 aliphatic heterocycles. The number of benzene rings is 1. The van der Waals surface area contributed by atoms with Crippen molar-refractivity contribution >= 4 is 38.9 Å². The largest absolute Gasteiger partial charge is 0.388 e. The number of nitrogens with zero attached hydrogens (tertiary/aromatic N) is 1. The highest BCUT2D eigenvalue weighted by molar-refractivity contribution is 9.10. The summed E-state index contributed by atoms with van der Waals surface area (Å²) >= 11 is 11.0. The number of halogens is 2. The van der Waals surface area contributed by atoms with Crippen molar-refractivity contribution in [1.82, 2.24) is 4.98 Å². The molecule has 1 heterocycles. The summed E-state index contributed by atoms with van der Waals surface area (Å²) in [6.45, 7) is 4.02. The van der Waals surface area contributed by atoms with Crippen molar-refractivity contribution < 1.29 is 5.11 Å². The molecular formula is C13H13BrClNOS. The average molecular weight is 347 g/mol. The van der Waals surface area contributed by atoms with Crippen LogP contribution in [0, 0.1) is 13.8 Å². The van der Waals surface area contributed by atoms with Crippen LogP contribution in [-0.4, -0.2) is 10.1 Å². The number of thiazole rings is 1. The van der Waals surface area contributed by atoms with E-state index in [1.807, 2.05) is 19.9 Å². The lowest BCUT2D eigenvalue weighted by molar-refractivity contribution is 0.177. The van der Waals surface area contributed by atoms with Gasteiger partial charge in [0.25, 0.3) is 0 Å². The second kappa shape index (κ2) is 5.70. The Morgan fingerprint density at radius 2 is 2.17 bits per heavy atom. The van der Waals surface area contributed by atoms with Gasteiger partial charge in [-0.15, -0.1) is 11.3 Å². The van der Waals surface area contributed by atoms with Crippen molar-refractivity contribution in [1.29, 1.82) is 0 Å². The van der Waals surface area contributed by atoms with Crippen LogP contribution in [0.4, 0.5) is 0 Å². The van der Waals surface area contributed by atoms with Crippen molar-refractivity contribution in [2.45, 2.75) is 26.4 Å². The molecule has 1 unspecified atom stereocenters. The van der Waals surface area contributed by atoms with Crippen LogP contribution in [0.5, 0.6) is 0 Å². The summed E-state index contributed by atoms with van der Waals surface area (Å²) in [7, 11) is 0. The molecule has 1 N–H and O–H groups in total. The number of aromatic nitrogens is 1. The Bertz CT molecular complexity index is 551. The predicted octanol–water partition coefficient (Wildman–Crippen LogP) is 4.45. The highest BCUT2D eigenvalue weighted by Crippen LogP contribution is 2.30. The molecular weight excluding hydrogens is 334 g/mol. The molecule has 2 rings (SSSR count). The molecule has 2 nitrogen and oxygen atoms in total. The van der Waals surface area contributed by atoms with Gasteiger partial charge < -0.3 is 5.11 Å². The standard InChI is InChI=1S/C13H13BrClNOS/c1-7-8(2)18-13(16-7)6-12(17)10-5-9(15)3-4-11(10)14/h3-5,12,17H,6H2,1-2H3. The zero-order chi connectivity index (χ0) is 13.3. The van der Waals surface area contributed by atoms with E-state index in [4.69, 9.17) is 11.6 Å². The Hall–Kier alpha value is -0.420. The molecule has 0 radical (unpaired) electrons. The van der Waals surface area contributed by atoms with E-state index in [1.54, 1.807) is 23.5 Å². The minimum Gasteiger partial charge on any atom is -0.388 e. The molecule has 5 heteroatoms. The van der Waals surface area contributed by atoms with Gasteiger partial charge in [-0.25, -0.2) is 4.98 Å². The zero-order valence-corrected chi connectivity index (χ0v) is 13.2. The molecule has 1 aromatic heterocycles. The normalized spacial score (nSPS) is 12.7. The molecule has 0 fully saturated rings. The Morgan fingerprint density at radius 1 is 1.44 bits per heavy atom. The third kappa shape index (κ3) is 3.12. The first kappa shape index (κ1) is 14.0. The van der Waals surface area contributed by atoms with Crippen LogP contribution in [-0.2, 0) is 6.42 Å². The fraction of sp³-hybridized carbons (Fsp3) is 0.308. The van der Waals surface area contributed by atoms with Gasteiger partial charge in [0.15, 0.2) is 0 Å². The first-order chi connectivity index (χ1) is 8.47. The fourth-order valence-corrected chi connectivity index (χ4v) is 3.33. The maximum absolute atomic E-state index is 10.3. The van der Waals surface area contributed by atoms with Crippen LogP contribution in [0.1, 0.15) is 27.2 Å². The average Bonchev–Trinajstić information content (AvgIpc) is 2.61. The topological polar surface area (TPSA) is 33.1 Å². The highest BCUT2D eigenvalue weighted by Gasteiger charge is 2.15. The Kier molecular flexibility index (Phi) is 4.43. The molecule has 0 amide bonds. The summed E-state index contributed by atoms with van der Waals surface area (Å²) in [5.74, 6) is 0. The van der Waals surface area contributed by atoms with E-state index in [-0.39, 0.29) is 0 Å². The number of hydrogen-bond donors (Lipinski definition) is 1. The fourth-order valence-electron chi connectivity index (χ4n) is 1.67. The van der Waals surface area contributed by atoms with Crippen molar-refractivity contribution in [3.63, 3.8) is 0 Å². The van der Waals surface area contributed by atoms with Gasteiger partial charge >= 0.3 is 0 Å². The molecule has 1 atom stereocenters. The van der Waals surface area contributed by atoms with Gasteiger partial charge in [-0.2, -0.15) is 0 Å². The van der Waals surface area contributed by atoms with Crippen LogP contribution < -0.4 is 0 Å². The van der Waals surface area contributed by atoms with Gasteiger partial charge in [0.1, 0.15) is 0 Å². The number of aliphatic hydroxyl groups is 1. The molecule has 96 valence electrons. The van der Waals surface area contributed by atoms with E-state index in [9.17, 15) is 5.11 Å². The number of hydrogen-bond acceptors (Lipinski definition) is 3. The number of aryl methyl sites for hydroxylation is 2. The summed E-state index contributed by atoms with van der Waals surface area (Å²) in [6, 6.07) is 5.42. The number of aliphatic hydroxyl groups excluding tert-OH is 1. The van der Waals surface area contributed by atoms with Gasteiger partial charge in [0.2, 0.25) is 0 Å². The first-order valence-electron chi connectivity index (χ1n) is 5.53. The van der Waals surface area contributed by atoms with Crippen molar-refractivity contribution in [3.8, 4) is 0 Å². The smallest absolute Gasteiger partial charge is 0.0960 e. The van der Waals surface area contributed by atoms with E-state index in [0.717, 1.165) is 20.7 Å². The highest BCUT2D eigenvalue weighted by atomic mass is 79.9. The Labute approximate surface area is 124 Å². The third-order valence-electron chi connectivity index (χ3n) is 2.76. The third-order valence-corrected chi connectivity index (χ3v) is 4.81. The quantitative estimate of drug-likeness (QED) is 0.890. The Balaban J connectivity index is 2.21. The van der Waals surface area contributed by atoms with E-state index < -0.39 is 6.10 Å². The minimum absolute atomic E-state index is 0.512. The second-order valence-electron chi connectivity index (χ2n) is 4.13. The summed E-state index contributed by atoms with van der Waals surface area (Å²) in [5.41, 5.74) is 1.83. The van der Waals surface area contributed by atoms with Crippen molar-refractivity contribution in [2.75, 3.05) is 0 Å². The van der Waals surface area contributed by atoms with Gasteiger partial charge in [-0.3, -0.25) is 0 Å². The summed E-state index contributed by atoms with van der Waals surface area (Å²) in [5, 5.41) is 11.8. The summed E-state index contributed by atoms with van der Waals surface area (Å²) in [4.78, 5) is 5.63. The van der Waals surface area contributed by atoms with Crippen LogP contribution in [0.3, 0.4) is 0 Å². The van der Waals surface area contributed by atoms with Gasteiger partial charge in [-0.05, 0) is 37.6 Å².